The molecule has 0 radical (unpaired) electrons. The quantitative estimate of drug-likeness (QED) is 0.216. The summed E-state index contributed by atoms with van der Waals surface area (Å²) >= 11 is 0. The van der Waals surface area contributed by atoms with Gasteiger partial charge in [-0.1, -0.05) is 98.8 Å². The van der Waals surface area contributed by atoms with Crippen LogP contribution in [0.1, 0.15) is 36.1 Å². The Balaban J connectivity index is 1.43. The maximum atomic E-state index is 10.8. The van der Waals surface area contributed by atoms with Gasteiger partial charge in [-0.3, -0.25) is 4.90 Å². The van der Waals surface area contributed by atoms with E-state index in [1.54, 1.807) is 6.07 Å². The molecule has 1 aliphatic heterocycles. The van der Waals surface area contributed by atoms with Crippen LogP contribution in [-0.4, -0.2) is 15.1 Å². The lowest BCUT2D eigenvalue weighted by Gasteiger charge is -2.43. The summed E-state index contributed by atoms with van der Waals surface area (Å²) in [5.41, 5.74) is 13.6. The number of nitrogens with zero attached hydrogens (tertiary/aromatic N) is 3. The first kappa shape index (κ1) is 28.7. The molecule has 0 bridgehead atoms. The minimum Gasteiger partial charge on any atom is -0.506 e. The van der Waals surface area contributed by atoms with Crippen LogP contribution in [0.2, 0.25) is 0 Å². The van der Waals surface area contributed by atoms with E-state index in [0.717, 1.165) is 56.1 Å². The molecule has 5 aromatic carbocycles. The topological polar surface area (TPSA) is 49.2 Å². The molecule has 228 valence electrons. The molecule has 2 aromatic heterocycles. The van der Waals surface area contributed by atoms with Gasteiger partial charge in [0.05, 0.1) is 17.1 Å². The highest BCUT2D eigenvalue weighted by atomic mass is 16.3. The second kappa shape index (κ2) is 11.0. The van der Waals surface area contributed by atoms with Crippen molar-refractivity contribution in [3.63, 3.8) is 0 Å². The molecule has 3 heterocycles. The summed E-state index contributed by atoms with van der Waals surface area (Å²) in [6, 6.07) is 44.5. The predicted molar refractivity (Wildman–Crippen MR) is 194 cm³/mol. The summed E-state index contributed by atoms with van der Waals surface area (Å²) in [4.78, 5) is 12.3. The second-order valence-corrected chi connectivity index (χ2v) is 13.0. The Morgan fingerprint density at radius 3 is 2.15 bits per heavy atom. The lowest BCUT2D eigenvalue weighted by molar-refractivity contribution is 0.480. The van der Waals surface area contributed by atoms with Crippen LogP contribution >= 0.6 is 0 Å². The van der Waals surface area contributed by atoms with Crippen LogP contribution in [0.3, 0.4) is 0 Å². The lowest BCUT2D eigenvalue weighted by Crippen LogP contribution is -2.31. The van der Waals surface area contributed by atoms with Gasteiger partial charge in [0.2, 0.25) is 0 Å². The van der Waals surface area contributed by atoms with Gasteiger partial charge in [0.15, 0.2) is 0 Å². The van der Waals surface area contributed by atoms with Crippen molar-refractivity contribution in [3.05, 3.63) is 156 Å². The van der Waals surface area contributed by atoms with Gasteiger partial charge in [-0.25, -0.2) is 9.97 Å². The molecule has 7 aromatic rings. The van der Waals surface area contributed by atoms with Crippen LogP contribution in [0.25, 0.3) is 44.4 Å². The number of aromatic hydroxyl groups is 1. The molecule has 0 atom stereocenters. The molecule has 4 heteroatoms. The standard InChI is InChI=1S/C43H35N3O/c1-27-22-23-44-40(24-27)46-37-13-9-8-12-35(37)43(3,4)41-34(31-17-15-30(16-18-31)29-10-6-5-7-11-29)25-32(26-38(41)46)36-20-19-33-28(2)14-21-39(47)42(33)45-36/h5-26,47H,1-4H3. The highest BCUT2D eigenvalue weighted by Gasteiger charge is 2.39. The number of phenols is 1. The van der Waals surface area contributed by atoms with Crippen molar-refractivity contribution in [1.82, 2.24) is 9.97 Å². The second-order valence-electron chi connectivity index (χ2n) is 13.0. The molecule has 1 aliphatic rings. The van der Waals surface area contributed by atoms with Crippen LogP contribution in [0, 0.1) is 13.8 Å². The molecule has 0 unspecified atom stereocenters. The molecular weight excluding hydrogens is 574 g/mol. The number of anilines is 3. The Labute approximate surface area is 275 Å². The molecular formula is C43H35N3O. The van der Waals surface area contributed by atoms with Crippen LogP contribution < -0.4 is 4.90 Å². The van der Waals surface area contributed by atoms with Crippen LogP contribution in [0.15, 0.2) is 134 Å². The van der Waals surface area contributed by atoms with E-state index in [-0.39, 0.29) is 11.2 Å². The Kier molecular flexibility index (Phi) is 6.69. The molecule has 4 nitrogen and oxygen atoms in total. The fourth-order valence-electron chi connectivity index (χ4n) is 7.17. The molecule has 0 saturated carbocycles. The van der Waals surface area contributed by atoms with Gasteiger partial charge in [0, 0.05) is 22.6 Å². The fraction of sp³-hybridized carbons (Fsp3) is 0.116. The van der Waals surface area contributed by atoms with E-state index >= 15 is 0 Å². The van der Waals surface area contributed by atoms with Gasteiger partial charge in [-0.2, -0.15) is 0 Å². The number of aromatic nitrogens is 2. The van der Waals surface area contributed by atoms with E-state index in [1.807, 2.05) is 31.3 Å². The van der Waals surface area contributed by atoms with Crippen LogP contribution in [0.5, 0.6) is 5.75 Å². The SMILES string of the molecule is Cc1ccnc(N2c3ccccc3C(C)(C)c3c(-c4ccc(-c5ccccc5)cc4)cc(-c4ccc5c(C)ccc(O)c5n4)cc32)c1. The highest BCUT2D eigenvalue weighted by Crippen LogP contribution is 2.55. The van der Waals surface area contributed by atoms with Crippen LogP contribution in [0.4, 0.5) is 17.2 Å². The number of para-hydroxylation sites is 1. The van der Waals surface area contributed by atoms with Crippen molar-refractivity contribution in [2.24, 2.45) is 0 Å². The Morgan fingerprint density at radius 1 is 0.638 bits per heavy atom. The zero-order chi connectivity index (χ0) is 32.3. The normalized spacial score (nSPS) is 13.3. The van der Waals surface area contributed by atoms with Crippen molar-refractivity contribution in [2.45, 2.75) is 33.1 Å². The number of rotatable bonds is 4. The fourth-order valence-corrected chi connectivity index (χ4v) is 7.17. The predicted octanol–water partition coefficient (Wildman–Crippen LogP) is 11.1. The van der Waals surface area contributed by atoms with Crippen molar-refractivity contribution in [3.8, 4) is 39.3 Å². The Hall–Kier alpha value is -5.74. The average molecular weight is 610 g/mol. The van der Waals surface area contributed by atoms with Crippen molar-refractivity contribution >= 4 is 28.1 Å². The number of phenolic OH excluding ortho intramolecular Hbond substituents is 1. The summed E-state index contributed by atoms with van der Waals surface area (Å²) in [5.74, 6) is 1.05. The number of pyridine rings is 2. The summed E-state index contributed by atoms with van der Waals surface area (Å²) in [6.07, 6.45) is 1.88. The van der Waals surface area contributed by atoms with E-state index in [9.17, 15) is 5.11 Å². The molecule has 47 heavy (non-hydrogen) atoms. The molecule has 0 saturated heterocycles. The maximum absolute atomic E-state index is 10.8. The van der Waals surface area contributed by atoms with Gasteiger partial charge >= 0.3 is 0 Å². The highest BCUT2D eigenvalue weighted by molar-refractivity contribution is 5.94. The number of hydrogen-bond donors (Lipinski definition) is 1. The Morgan fingerprint density at radius 2 is 1.36 bits per heavy atom. The third kappa shape index (κ3) is 4.76. The first-order valence-electron chi connectivity index (χ1n) is 16.1. The van der Waals surface area contributed by atoms with Crippen molar-refractivity contribution < 1.29 is 5.11 Å². The zero-order valence-corrected chi connectivity index (χ0v) is 27.0. The van der Waals surface area contributed by atoms with E-state index in [0.29, 0.717) is 5.52 Å². The lowest BCUT2D eigenvalue weighted by atomic mass is 9.70. The van der Waals surface area contributed by atoms with E-state index in [1.165, 1.54) is 22.3 Å². The Bertz CT molecular complexity index is 2310. The van der Waals surface area contributed by atoms with E-state index in [4.69, 9.17) is 9.97 Å². The summed E-state index contributed by atoms with van der Waals surface area (Å²) in [5, 5.41) is 11.8. The van der Waals surface area contributed by atoms with Crippen molar-refractivity contribution in [1.29, 1.82) is 0 Å². The average Bonchev–Trinajstić information content (AvgIpc) is 3.10. The van der Waals surface area contributed by atoms with E-state index < -0.39 is 0 Å². The smallest absolute Gasteiger partial charge is 0.141 e. The summed E-state index contributed by atoms with van der Waals surface area (Å²) in [7, 11) is 0. The first-order chi connectivity index (χ1) is 22.8. The van der Waals surface area contributed by atoms with Gasteiger partial charge < -0.3 is 5.11 Å². The van der Waals surface area contributed by atoms with Crippen molar-refractivity contribution in [2.75, 3.05) is 4.90 Å². The van der Waals surface area contributed by atoms with Gasteiger partial charge in [-0.05, 0) is 101 Å². The van der Waals surface area contributed by atoms with Crippen LogP contribution in [-0.2, 0) is 5.41 Å². The zero-order valence-electron chi connectivity index (χ0n) is 27.0. The monoisotopic (exact) mass is 609 g/mol. The number of aryl methyl sites for hydroxylation is 2. The molecule has 1 N–H and O–H groups in total. The molecule has 0 amide bonds. The minimum atomic E-state index is -0.315. The first-order valence-corrected chi connectivity index (χ1v) is 16.1. The van der Waals surface area contributed by atoms with Gasteiger partial charge in [0.1, 0.15) is 17.1 Å². The summed E-state index contributed by atoms with van der Waals surface area (Å²) in [6.45, 7) is 8.80. The van der Waals surface area contributed by atoms with E-state index in [2.05, 4.69) is 129 Å². The summed E-state index contributed by atoms with van der Waals surface area (Å²) < 4.78 is 0. The largest absolute Gasteiger partial charge is 0.506 e. The minimum absolute atomic E-state index is 0.183. The van der Waals surface area contributed by atoms with Gasteiger partial charge in [0.25, 0.3) is 0 Å². The third-order valence-electron chi connectivity index (χ3n) is 9.58. The number of fused-ring (bicyclic) bond motifs is 3. The number of hydrogen-bond acceptors (Lipinski definition) is 4. The van der Waals surface area contributed by atoms with Gasteiger partial charge in [-0.15, -0.1) is 0 Å². The number of benzene rings is 5. The third-order valence-corrected chi connectivity index (χ3v) is 9.58. The molecule has 8 rings (SSSR count). The molecule has 0 aliphatic carbocycles. The maximum Gasteiger partial charge on any atom is 0.141 e. The molecule has 0 spiro atoms. The molecule has 0 fully saturated rings.